The maximum Gasteiger partial charge on any atom is 0.215 e. The molecule has 0 amide bonds. The number of aromatic nitrogens is 1. The molecule has 1 aliphatic rings. The molecule has 0 bridgehead atoms. The van der Waals surface area contributed by atoms with E-state index in [1.807, 2.05) is 6.07 Å². The quantitative estimate of drug-likeness (QED) is 0.900. The highest BCUT2D eigenvalue weighted by Crippen LogP contribution is 2.30. The molecule has 0 spiro atoms. The summed E-state index contributed by atoms with van der Waals surface area (Å²) < 4.78 is 5.03. The molecular weight excluding hydrogens is 272 g/mol. The minimum absolute atomic E-state index is 0. The summed E-state index contributed by atoms with van der Waals surface area (Å²) in [6, 6.07) is 2.08. The molecule has 2 N–H and O–H groups in total. The van der Waals surface area contributed by atoms with E-state index in [2.05, 4.69) is 9.88 Å². The second kappa shape index (κ2) is 6.35. The molecule has 92 valence electrons. The topological polar surface area (TPSA) is 51.4 Å². The molecule has 0 aliphatic carbocycles. The molecule has 1 aliphatic heterocycles. The predicted octanol–water partition coefficient (Wildman–Crippen LogP) is 1.73. The van der Waals surface area contributed by atoms with Crippen molar-refractivity contribution in [1.82, 2.24) is 4.98 Å². The van der Waals surface area contributed by atoms with E-state index in [0.717, 1.165) is 18.8 Å². The molecule has 2 heterocycles. The second-order valence-electron chi connectivity index (χ2n) is 3.34. The minimum atomic E-state index is 0. The number of hydrogen-bond donors (Lipinski definition) is 1. The first-order valence-corrected chi connectivity index (χ1v) is 4.78. The van der Waals surface area contributed by atoms with E-state index >= 15 is 0 Å². The average Bonchev–Trinajstić information content (AvgIpc) is 2.14. The Morgan fingerprint density at radius 3 is 2.62 bits per heavy atom. The molecule has 0 radical (unpaired) electrons. The lowest BCUT2D eigenvalue weighted by molar-refractivity contribution is 0.397. The Kier molecular flexibility index (Phi) is 6.18. The van der Waals surface area contributed by atoms with Crippen molar-refractivity contribution in [3.8, 4) is 5.88 Å². The van der Waals surface area contributed by atoms with Crippen LogP contribution in [0.1, 0.15) is 0 Å². The summed E-state index contributed by atoms with van der Waals surface area (Å²) in [6.45, 7) is 1.68. The van der Waals surface area contributed by atoms with Crippen LogP contribution in [0.2, 0.25) is 5.02 Å². The fourth-order valence-electron chi connectivity index (χ4n) is 1.47. The van der Waals surface area contributed by atoms with Crippen LogP contribution in [0.3, 0.4) is 0 Å². The van der Waals surface area contributed by atoms with Crippen molar-refractivity contribution in [2.75, 3.05) is 25.1 Å². The van der Waals surface area contributed by atoms with Gasteiger partial charge in [0.1, 0.15) is 0 Å². The summed E-state index contributed by atoms with van der Waals surface area (Å²) in [6.07, 6.45) is 1.60. The number of nitrogens with two attached hydrogens (primary N) is 1. The summed E-state index contributed by atoms with van der Waals surface area (Å²) in [5.74, 6) is 0.574. The molecule has 4 nitrogen and oxygen atoms in total. The number of nitrogens with zero attached hydrogens (tertiary/aromatic N) is 2. The molecule has 1 fully saturated rings. The zero-order valence-corrected chi connectivity index (χ0v) is 11.1. The van der Waals surface area contributed by atoms with E-state index in [4.69, 9.17) is 22.1 Å². The first-order valence-electron chi connectivity index (χ1n) is 4.41. The van der Waals surface area contributed by atoms with Crippen molar-refractivity contribution in [1.29, 1.82) is 0 Å². The van der Waals surface area contributed by atoms with Gasteiger partial charge in [0, 0.05) is 25.2 Å². The lowest BCUT2D eigenvalue weighted by atomic mass is 10.1. The number of hydrogen-bond acceptors (Lipinski definition) is 4. The van der Waals surface area contributed by atoms with Gasteiger partial charge in [-0.25, -0.2) is 4.98 Å². The van der Waals surface area contributed by atoms with Gasteiger partial charge in [-0.2, -0.15) is 0 Å². The molecule has 0 unspecified atom stereocenters. The van der Waals surface area contributed by atoms with Crippen LogP contribution in [-0.4, -0.2) is 31.2 Å². The number of methoxy groups -OCH3 is 1. The summed E-state index contributed by atoms with van der Waals surface area (Å²) in [7, 11) is 1.59. The highest BCUT2D eigenvalue weighted by molar-refractivity contribution is 6.33. The molecule has 2 rings (SSSR count). The third-order valence-corrected chi connectivity index (χ3v) is 2.56. The number of halogens is 3. The van der Waals surface area contributed by atoms with Gasteiger partial charge in [0.25, 0.3) is 0 Å². The van der Waals surface area contributed by atoms with Gasteiger partial charge in [0.2, 0.25) is 5.88 Å². The van der Waals surface area contributed by atoms with Crippen LogP contribution < -0.4 is 15.4 Å². The molecule has 1 saturated heterocycles. The third kappa shape index (κ3) is 3.04. The number of pyridine rings is 1. The van der Waals surface area contributed by atoms with Crippen LogP contribution >= 0.6 is 36.4 Å². The fraction of sp³-hybridized carbons (Fsp3) is 0.444. The zero-order chi connectivity index (χ0) is 10.1. The maximum absolute atomic E-state index is 6.01. The molecule has 1 aromatic rings. The Morgan fingerprint density at radius 2 is 2.12 bits per heavy atom. The number of ether oxygens (including phenoxy) is 1. The molecular formula is C9H14Cl3N3O. The van der Waals surface area contributed by atoms with E-state index in [9.17, 15) is 0 Å². The highest BCUT2D eigenvalue weighted by Gasteiger charge is 2.25. The van der Waals surface area contributed by atoms with Gasteiger partial charge >= 0.3 is 0 Å². The molecule has 0 atom stereocenters. The third-order valence-electron chi connectivity index (χ3n) is 2.27. The van der Waals surface area contributed by atoms with Gasteiger partial charge in [0.15, 0.2) is 0 Å². The van der Waals surface area contributed by atoms with Crippen LogP contribution in [0, 0.1) is 0 Å². The minimum Gasteiger partial charge on any atom is -0.481 e. The number of anilines is 1. The first-order chi connectivity index (χ1) is 6.70. The lowest BCUT2D eigenvalue weighted by Gasteiger charge is -2.39. The smallest absolute Gasteiger partial charge is 0.215 e. The van der Waals surface area contributed by atoms with Gasteiger partial charge in [-0.15, -0.1) is 24.8 Å². The van der Waals surface area contributed by atoms with Gasteiger partial charge in [-0.1, -0.05) is 11.6 Å². The Labute approximate surface area is 112 Å². The van der Waals surface area contributed by atoms with Crippen molar-refractivity contribution in [3.63, 3.8) is 0 Å². The summed E-state index contributed by atoms with van der Waals surface area (Å²) in [5, 5.41) is 0.637. The van der Waals surface area contributed by atoms with Crippen LogP contribution in [0.25, 0.3) is 0 Å². The summed E-state index contributed by atoms with van der Waals surface area (Å²) in [4.78, 5) is 6.11. The van der Waals surface area contributed by atoms with Crippen molar-refractivity contribution in [2.45, 2.75) is 6.04 Å². The van der Waals surface area contributed by atoms with Crippen LogP contribution in [0.5, 0.6) is 5.88 Å². The van der Waals surface area contributed by atoms with E-state index in [-0.39, 0.29) is 30.9 Å². The van der Waals surface area contributed by atoms with E-state index in [1.165, 1.54) is 0 Å². The van der Waals surface area contributed by atoms with E-state index in [0.29, 0.717) is 10.9 Å². The molecule has 1 aromatic heterocycles. The Hall–Kier alpha value is -0.420. The predicted molar refractivity (Wildman–Crippen MR) is 70.5 cm³/mol. The first kappa shape index (κ1) is 15.6. The van der Waals surface area contributed by atoms with Crippen molar-refractivity contribution < 1.29 is 4.74 Å². The second-order valence-corrected chi connectivity index (χ2v) is 3.75. The monoisotopic (exact) mass is 285 g/mol. The molecule has 0 aromatic carbocycles. The molecule has 16 heavy (non-hydrogen) atoms. The highest BCUT2D eigenvalue weighted by atomic mass is 35.5. The number of rotatable bonds is 2. The molecule has 0 saturated carbocycles. The van der Waals surface area contributed by atoms with Gasteiger partial charge in [-0.3, -0.25) is 0 Å². The largest absolute Gasteiger partial charge is 0.481 e. The normalized spacial score (nSPS) is 14.6. The van der Waals surface area contributed by atoms with Crippen molar-refractivity contribution >= 4 is 42.1 Å². The standard InChI is InChI=1S/C9H12ClN3O.2ClH/c1-14-9-2-8(7(10)3-12-9)13-4-6(11)5-13;;/h2-3,6H,4-5,11H2,1H3;2*1H. The van der Waals surface area contributed by atoms with E-state index < -0.39 is 0 Å². The van der Waals surface area contributed by atoms with Crippen LogP contribution in [0.15, 0.2) is 12.3 Å². The average molecular weight is 287 g/mol. The van der Waals surface area contributed by atoms with Gasteiger partial charge < -0.3 is 15.4 Å². The Bertz CT molecular complexity index is 345. The zero-order valence-electron chi connectivity index (χ0n) is 8.72. The summed E-state index contributed by atoms with van der Waals surface area (Å²) >= 11 is 6.01. The molecule has 7 heteroatoms. The summed E-state index contributed by atoms with van der Waals surface area (Å²) in [5.41, 5.74) is 6.64. The SMILES string of the molecule is COc1cc(N2CC(N)C2)c(Cl)cn1.Cl.Cl. The fourth-order valence-corrected chi connectivity index (χ4v) is 1.70. The van der Waals surface area contributed by atoms with E-state index in [1.54, 1.807) is 13.3 Å². The Morgan fingerprint density at radius 1 is 1.50 bits per heavy atom. The van der Waals surface area contributed by atoms with Crippen molar-refractivity contribution in [3.05, 3.63) is 17.3 Å². The van der Waals surface area contributed by atoms with Gasteiger partial charge in [-0.05, 0) is 0 Å². The maximum atomic E-state index is 6.01. The lowest BCUT2D eigenvalue weighted by Crippen LogP contribution is -2.56. The van der Waals surface area contributed by atoms with Crippen LogP contribution in [-0.2, 0) is 0 Å². The Balaban J connectivity index is 0.00000112. The van der Waals surface area contributed by atoms with Crippen LogP contribution in [0.4, 0.5) is 5.69 Å². The van der Waals surface area contributed by atoms with Crippen molar-refractivity contribution in [2.24, 2.45) is 5.73 Å². The van der Waals surface area contributed by atoms with Gasteiger partial charge in [0.05, 0.1) is 24.0 Å².